The number of methoxy groups -OCH3 is 1. The van der Waals surface area contributed by atoms with Gasteiger partial charge in [0.2, 0.25) is 0 Å². The second-order valence-corrected chi connectivity index (χ2v) is 6.48. The van der Waals surface area contributed by atoms with Gasteiger partial charge in [-0.25, -0.2) is 9.78 Å². The predicted octanol–water partition coefficient (Wildman–Crippen LogP) is 3.00. The Morgan fingerprint density at radius 2 is 2.00 bits per heavy atom. The predicted molar refractivity (Wildman–Crippen MR) is 96.7 cm³/mol. The van der Waals surface area contributed by atoms with Crippen LogP contribution in [0.3, 0.4) is 0 Å². The van der Waals surface area contributed by atoms with Gasteiger partial charge in [0.15, 0.2) is 0 Å². The third kappa shape index (κ3) is 3.28. The van der Waals surface area contributed by atoms with Crippen LogP contribution in [0.25, 0.3) is 10.2 Å². The lowest BCUT2D eigenvalue weighted by Gasteiger charge is -2.06. The van der Waals surface area contributed by atoms with Gasteiger partial charge in [0.05, 0.1) is 32.0 Å². The number of esters is 1. The third-order valence-corrected chi connectivity index (χ3v) is 5.07. The van der Waals surface area contributed by atoms with Crippen molar-refractivity contribution in [2.45, 2.75) is 20.4 Å². The van der Waals surface area contributed by atoms with E-state index in [0.29, 0.717) is 33.8 Å². The summed E-state index contributed by atoms with van der Waals surface area (Å²) in [7, 11) is 1.61. The zero-order chi connectivity index (χ0) is 18.0. The maximum absolute atomic E-state index is 12.8. The van der Waals surface area contributed by atoms with E-state index < -0.39 is 5.97 Å². The number of hydrogen-bond acceptors (Lipinski definition) is 6. The summed E-state index contributed by atoms with van der Waals surface area (Å²) in [4.78, 5) is 30.2. The van der Waals surface area contributed by atoms with Gasteiger partial charge in [-0.05, 0) is 37.1 Å². The molecule has 0 aliphatic carbocycles. The molecular weight excluding hydrogens is 340 g/mol. The number of hydrogen-bond donors (Lipinski definition) is 0. The molecule has 0 N–H and O–H groups in total. The Hall–Kier alpha value is -2.67. The quantitative estimate of drug-likeness (QED) is 0.656. The first kappa shape index (κ1) is 17.2. The Bertz CT molecular complexity index is 973. The largest absolute Gasteiger partial charge is 0.497 e. The van der Waals surface area contributed by atoms with E-state index in [-0.39, 0.29) is 5.56 Å². The molecule has 2 aromatic heterocycles. The van der Waals surface area contributed by atoms with Gasteiger partial charge in [-0.2, -0.15) is 0 Å². The van der Waals surface area contributed by atoms with Gasteiger partial charge in [0.25, 0.3) is 5.56 Å². The lowest BCUT2D eigenvalue weighted by molar-refractivity contribution is 0.0531. The highest BCUT2D eigenvalue weighted by Crippen LogP contribution is 2.27. The van der Waals surface area contributed by atoms with Crippen molar-refractivity contribution in [1.29, 1.82) is 0 Å². The zero-order valence-electron chi connectivity index (χ0n) is 14.2. The summed E-state index contributed by atoms with van der Waals surface area (Å²) in [6, 6.07) is 7.50. The van der Waals surface area contributed by atoms with Crippen LogP contribution in [-0.4, -0.2) is 29.2 Å². The number of nitrogens with zero attached hydrogens (tertiary/aromatic N) is 2. The van der Waals surface area contributed by atoms with E-state index in [0.717, 1.165) is 11.3 Å². The minimum atomic E-state index is -0.413. The fraction of sp³-hybridized carbons (Fsp3) is 0.278. The molecule has 25 heavy (non-hydrogen) atoms. The van der Waals surface area contributed by atoms with Gasteiger partial charge >= 0.3 is 5.97 Å². The van der Waals surface area contributed by atoms with Crippen molar-refractivity contribution in [3.8, 4) is 5.75 Å². The van der Waals surface area contributed by atoms with Crippen LogP contribution >= 0.6 is 11.3 Å². The Balaban J connectivity index is 2.00. The molecule has 7 heteroatoms. The number of rotatable bonds is 5. The lowest BCUT2D eigenvalue weighted by Crippen LogP contribution is -2.21. The molecule has 3 aromatic rings. The molecule has 0 saturated heterocycles. The summed E-state index contributed by atoms with van der Waals surface area (Å²) in [6.45, 7) is 4.20. The number of thiophene rings is 1. The summed E-state index contributed by atoms with van der Waals surface area (Å²) in [6.07, 6.45) is 1.51. The summed E-state index contributed by atoms with van der Waals surface area (Å²) >= 11 is 1.19. The highest BCUT2D eigenvalue weighted by atomic mass is 32.1. The number of ether oxygens (including phenoxy) is 2. The average Bonchev–Trinajstić information content (AvgIpc) is 2.96. The minimum absolute atomic E-state index is 0.162. The zero-order valence-corrected chi connectivity index (χ0v) is 15.1. The molecule has 0 fully saturated rings. The van der Waals surface area contributed by atoms with Crippen LogP contribution in [0.4, 0.5) is 0 Å². The topological polar surface area (TPSA) is 70.4 Å². The van der Waals surface area contributed by atoms with Crippen LogP contribution in [0.15, 0.2) is 35.4 Å². The normalized spacial score (nSPS) is 10.8. The molecule has 3 rings (SSSR count). The van der Waals surface area contributed by atoms with E-state index in [4.69, 9.17) is 9.47 Å². The third-order valence-electron chi connectivity index (χ3n) is 3.89. The smallest absolute Gasteiger partial charge is 0.348 e. The maximum atomic E-state index is 12.8. The molecular formula is C18H18N2O4S. The number of fused-ring (bicyclic) bond motifs is 1. The van der Waals surface area contributed by atoms with E-state index >= 15 is 0 Å². The number of benzene rings is 1. The summed E-state index contributed by atoms with van der Waals surface area (Å²) in [5, 5.41) is 0.476. The summed E-state index contributed by atoms with van der Waals surface area (Å²) < 4.78 is 11.7. The van der Waals surface area contributed by atoms with Crippen molar-refractivity contribution in [3.05, 3.63) is 57.0 Å². The van der Waals surface area contributed by atoms with Crippen LogP contribution in [0.5, 0.6) is 5.75 Å². The second-order valence-electron chi connectivity index (χ2n) is 5.48. The molecule has 0 spiro atoms. The number of aromatic nitrogens is 2. The molecule has 0 saturated carbocycles. The van der Waals surface area contributed by atoms with Crippen LogP contribution in [0, 0.1) is 6.92 Å². The summed E-state index contributed by atoms with van der Waals surface area (Å²) in [5.41, 5.74) is 1.42. The highest BCUT2D eigenvalue weighted by Gasteiger charge is 2.20. The number of aryl methyl sites for hydroxylation is 1. The van der Waals surface area contributed by atoms with E-state index in [1.54, 1.807) is 25.5 Å². The van der Waals surface area contributed by atoms with Crippen molar-refractivity contribution in [2.75, 3.05) is 13.7 Å². The minimum Gasteiger partial charge on any atom is -0.497 e. The van der Waals surface area contributed by atoms with Gasteiger partial charge in [0.1, 0.15) is 15.5 Å². The first-order chi connectivity index (χ1) is 12.0. The van der Waals surface area contributed by atoms with Gasteiger partial charge in [-0.3, -0.25) is 9.36 Å². The summed E-state index contributed by atoms with van der Waals surface area (Å²) in [5.74, 6) is 0.349. The number of carbonyl (C=O) groups excluding carboxylic acids is 1. The number of carbonyl (C=O) groups is 1. The Labute approximate surface area is 148 Å². The van der Waals surface area contributed by atoms with Gasteiger partial charge in [-0.1, -0.05) is 12.1 Å². The van der Waals surface area contributed by atoms with Crippen LogP contribution in [-0.2, 0) is 11.3 Å². The molecule has 0 aliphatic heterocycles. The highest BCUT2D eigenvalue weighted by molar-refractivity contribution is 7.20. The molecule has 0 atom stereocenters. The molecule has 6 nitrogen and oxygen atoms in total. The Morgan fingerprint density at radius 1 is 1.28 bits per heavy atom. The van der Waals surface area contributed by atoms with Gasteiger partial charge < -0.3 is 9.47 Å². The van der Waals surface area contributed by atoms with E-state index in [9.17, 15) is 9.59 Å². The van der Waals surface area contributed by atoms with Crippen LogP contribution < -0.4 is 10.3 Å². The lowest BCUT2D eigenvalue weighted by atomic mass is 10.2. The molecule has 0 bridgehead atoms. The van der Waals surface area contributed by atoms with E-state index in [1.165, 1.54) is 17.7 Å². The first-order valence-electron chi connectivity index (χ1n) is 7.83. The van der Waals surface area contributed by atoms with Crippen molar-refractivity contribution in [2.24, 2.45) is 0 Å². The fourth-order valence-electron chi connectivity index (χ4n) is 2.59. The molecule has 0 amide bonds. The van der Waals surface area contributed by atoms with Crippen LogP contribution in [0.1, 0.15) is 27.7 Å². The second kappa shape index (κ2) is 7.06. The van der Waals surface area contributed by atoms with Gasteiger partial charge in [0, 0.05) is 0 Å². The first-order valence-corrected chi connectivity index (χ1v) is 8.65. The molecule has 1 aromatic carbocycles. The Morgan fingerprint density at radius 3 is 2.64 bits per heavy atom. The SMILES string of the molecule is CCOC(=O)c1sc2ncn(Cc3ccc(OC)cc3)c(=O)c2c1C. The van der Waals surface area contributed by atoms with Crippen molar-refractivity contribution in [1.82, 2.24) is 9.55 Å². The van der Waals surface area contributed by atoms with Crippen LogP contribution in [0.2, 0.25) is 0 Å². The average molecular weight is 358 g/mol. The molecule has 0 unspecified atom stereocenters. The molecule has 2 heterocycles. The molecule has 0 aliphatic rings. The van der Waals surface area contributed by atoms with E-state index in [2.05, 4.69) is 4.98 Å². The fourth-order valence-corrected chi connectivity index (χ4v) is 3.62. The monoisotopic (exact) mass is 358 g/mol. The van der Waals surface area contributed by atoms with Gasteiger partial charge in [-0.15, -0.1) is 11.3 Å². The Kier molecular flexibility index (Phi) is 4.85. The van der Waals surface area contributed by atoms with E-state index in [1.807, 2.05) is 24.3 Å². The van der Waals surface area contributed by atoms with Crippen molar-refractivity contribution in [3.63, 3.8) is 0 Å². The van der Waals surface area contributed by atoms with Crippen molar-refractivity contribution < 1.29 is 14.3 Å². The standard InChI is InChI=1S/C18H18N2O4S/c1-4-24-18(22)15-11(2)14-16(25-15)19-10-20(17(14)21)9-12-5-7-13(23-3)8-6-12/h5-8,10H,4,9H2,1-3H3. The maximum Gasteiger partial charge on any atom is 0.348 e. The molecule has 130 valence electrons. The van der Waals surface area contributed by atoms with Crippen molar-refractivity contribution >= 4 is 27.5 Å². The molecule has 0 radical (unpaired) electrons.